The fraction of sp³-hybridized carbons (Fsp3) is 0.273. The monoisotopic (exact) mass is 263 g/mol. The third-order valence-electron chi connectivity index (χ3n) is 2.71. The number of aryl methyl sites for hydroxylation is 1. The number of rotatable bonds is 1. The Labute approximate surface area is 96.3 Å². The molecule has 76 valence electrons. The molecule has 4 heteroatoms. The highest BCUT2D eigenvalue weighted by Crippen LogP contribution is 2.24. The van der Waals surface area contributed by atoms with Crippen LogP contribution in [0.2, 0.25) is 0 Å². The van der Waals surface area contributed by atoms with Crippen molar-refractivity contribution in [2.75, 3.05) is 0 Å². The van der Waals surface area contributed by atoms with Crippen LogP contribution in [0.25, 0.3) is 11.4 Å². The molecule has 0 spiro atoms. The lowest BCUT2D eigenvalue weighted by Crippen LogP contribution is -1.95. The second-order valence-electron chi connectivity index (χ2n) is 3.70. The minimum absolute atomic E-state index is 0.995. The van der Waals surface area contributed by atoms with Gasteiger partial charge >= 0.3 is 0 Å². The van der Waals surface area contributed by atoms with E-state index in [-0.39, 0.29) is 0 Å². The Bertz CT molecular complexity index is 487. The molecule has 0 radical (unpaired) electrons. The SMILES string of the molecule is Brc1ccc(-c2nnc3n2CCC3)cc1. The van der Waals surface area contributed by atoms with Crippen LogP contribution in [0, 0.1) is 0 Å². The summed E-state index contributed by atoms with van der Waals surface area (Å²) in [6.07, 6.45) is 2.25. The lowest BCUT2D eigenvalue weighted by atomic mass is 10.2. The molecule has 0 unspecified atom stereocenters. The van der Waals surface area contributed by atoms with E-state index in [1.54, 1.807) is 0 Å². The van der Waals surface area contributed by atoms with Gasteiger partial charge in [0.05, 0.1) is 0 Å². The van der Waals surface area contributed by atoms with Crippen LogP contribution < -0.4 is 0 Å². The molecule has 2 heterocycles. The van der Waals surface area contributed by atoms with Gasteiger partial charge in [0, 0.05) is 23.0 Å². The Hall–Kier alpha value is -1.16. The maximum absolute atomic E-state index is 4.24. The highest BCUT2D eigenvalue weighted by molar-refractivity contribution is 9.10. The maximum Gasteiger partial charge on any atom is 0.163 e. The Balaban J connectivity index is 2.09. The number of benzene rings is 1. The zero-order valence-corrected chi connectivity index (χ0v) is 9.74. The topological polar surface area (TPSA) is 30.7 Å². The average Bonchev–Trinajstić information content (AvgIpc) is 2.80. The molecule has 3 rings (SSSR count). The Morgan fingerprint density at radius 2 is 1.93 bits per heavy atom. The fourth-order valence-corrected chi connectivity index (χ4v) is 2.23. The van der Waals surface area contributed by atoms with Gasteiger partial charge in [0.25, 0.3) is 0 Å². The fourth-order valence-electron chi connectivity index (χ4n) is 1.96. The van der Waals surface area contributed by atoms with Crippen LogP contribution in [-0.4, -0.2) is 14.8 Å². The van der Waals surface area contributed by atoms with E-state index >= 15 is 0 Å². The van der Waals surface area contributed by atoms with Gasteiger partial charge in [-0.15, -0.1) is 10.2 Å². The van der Waals surface area contributed by atoms with Crippen molar-refractivity contribution in [3.63, 3.8) is 0 Å². The summed E-state index contributed by atoms with van der Waals surface area (Å²) in [5.41, 5.74) is 1.14. The highest BCUT2D eigenvalue weighted by atomic mass is 79.9. The van der Waals surface area contributed by atoms with Crippen molar-refractivity contribution in [2.45, 2.75) is 19.4 Å². The van der Waals surface area contributed by atoms with E-state index < -0.39 is 0 Å². The normalized spacial score (nSPS) is 14.2. The van der Waals surface area contributed by atoms with Crippen molar-refractivity contribution in [3.05, 3.63) is 34.6 Å². The molecule has 0 amide bonds. The molecule has 3 nitrogen and oxygen atoms in total. The summed E-state index contributed by atoms with van der Waals surface area (Å²) in [6, 6.07) is 8.21. The minimum atomic E-state index is 0.995. The van der Waals surface area contributed by atoms with Crippen molar-refractivity contribution >= 4 is 15.9 Å². The summed E-state index contributed by atoms with van der Waals surface area (Å²) in [5.74, 6) is 2.11. The number of hydrogen-bond acceptors (Lipinski definition) is 2. The van der Waals surface area contributed by atoms with Crippen LogP contribution >= 0.6 is 15.9 Å². The van der Waals surface area contributed by atoms with Crippen molar-refractivity contribution in [3.8, 4) is 11.4 Å². The second kappa shape index (κ2) is 3.45. The molecule has 2 aromatic rings. The van der Waals surface area contributed by atoms with Gasteiger partial charge in [-0.1, -0.05) is 28.1 Å². The molecule has 1 aromatic carbocycles. The molecule has 0 atom stereocenters. The number of hydrogen-bond donors (Lipinski definition) is 0. The first kappa shape index (κ1) is 9.09. The predicted octanol–water partition coefficient (Wildman–Crippen LogP) is 2.65. The van der Waals surface area contributed by atoms with Gasteiger partial charge < -0.3 is 4.57 Å². The lowest BCUT2D eigenvalue weighted by Gasteiger charge is -2.02. The molecule has 15 heavy (non-hydrogen) atoms. The molecular weight excluding hydrogens is 254 g/mol. The predicted molar refractivity (Wildman–Crippen MR) is 61.5 cm³/mol. The van der Waals surface area contributed by atoms with Crippen LogP contribution in [0.4, 0.5) is 0 Å². The molecule has 0 fully saturated rings. The summed E-state index contributed by atoms with van der Waals surface area (Å²) in [5, 5.41) is 8.43. The first-order chi connectivity index (χ1) is 7.34. The third kappa shape index (κ3) is 1.49. The molecule has 1 aliphatic heterocycles. The Morgan fingerprint density at radius 1 is 1.13 bits per heavy atom. The number of aromatic nitrogens is 3. The van der Waals surface area contributed by atoms with Crippen molar-refractivity contribution in [1.29, 1.82) is 0 Å². The van der Waals surface area contributed by atoms with Crippen LogP contribution in [-0.2, 0) is 13.0 Å². The van der Waals surface area contributed by atoms with E-state index in [0.717, 1.165) is 34.7 Å². The summed E-state index contributed by atoms with van der Waals surface area (Å²) >= 11 is 3.43. The van der Waals surface area contributed by atoms with Crippen LogP contribution in [0.3, 0.4) is 0 Å². The second-order valence-corrected chi connectivity index (χ2v) is 4.62. The lowest BCUT2D eigenvalue weighted by molar-refractivity contribution is 0.748. The number of halogens is 1. The van der Waals surface area contributed by atoms with Crippen LogP contribution in [0.5, 0.6) is 0 Å². The van der Waals surface area contributed by atoms with E-state index in [1.807, 2.05) is 12.1 Å². The van der Waals surface area contributed by atoms with Gasteiger partial charge in [-0.3, -0.25) is 0 Å². The molecule has 0 N–H and O–H groups in total. The Kier molecular flexibility index (Phi) is 2.09. The van der Waals surface area contributed by atoms with Crippen LogP contribution in [0.15, 0.2) is 28.7 Å². The third-order valence-corrected chi connectivity index (χ3v) is 3.24. The summed E-state index contributed by atoms with van der Waals surface area (Å²) < 4.78 is 3.30. The summed E-state index contributed by atoms with van der Waals surface area (Å²) in [6.45, 7) is 1.05. The van der Waals surface area contributed by atoms with Gasteiger partial charge in [-0.05, 0) is 18.6 Å². The standard InChI is InChI=1S/C11H10BrN3/c12-9-5-3-8(4-6-9)11-14-13-10-2-1-7-15(10)11/h3-6H,1-2,7H2. The molecule has 0 bridgehead atoms. The van der Waals surface area contributed by atoms with Crippen molar-refractivity contribution in [2.24, 2.45) is 0 Å². The number of nitrogens with zero attached hydrogens (tertiary/aromatic N) is 3. The number of fused-ring (bicyclic) bond motifs is 1. The van der Waals surface area contributed by atoms with E-state index in [2.05, 4.69) is 42.8 Å². The smallest absolute Gasteiger partial charge is 0.163 e. The molecular formula is C11H10BrN3. The minimum Gasteiger partial charge on any atom is -0.311 e. The summed E-state index contributed by atoms with van der Waals surface area (Å²) in [4.78, 5) is 0. The van der Waals surface area contributed by atoms with E-state index in [0.29, 0.717) is 0 Å². The van der Waals surface area contributed by atoms with Gasteiger partial charge in [0.15, 0.2) is 5.82 Å². The largest absolute Gasteiger partial charge is 0.311 e. The summed E-state index contributed by atoms with van der Waals surface area (Å²) in [7, 11) is 0. The van der Waals surface area contributed by atoms with Gasteiger partial charge in [0.2, 0.25) is 0 Å². The van der Waals surface area contributed by atoms with Gasteiger partial charge in [-0.25, -0.2) is 0 Å². The van der Waals surface area contributed by atoms with E-state index in [4.69, 9.17) is 0 Å². The zero-order valence-electron chi connectivity index (χ0n) is 8.15. The molecule has 1 aromatic heterocycles. The van der Waals surface area contributed by atoms with Crippen molar-refractivity contribution < 1.29 is 0 Å². The quantitative estimate of drug-likeness (QED) is 0.792. The average molecular weight is 264 g/mol. The van der Waals surface area contributed by atoms with Gasteiger partial charge in [-0.2, -0.15) is 0 Å². The molecule has 1 aliphatic rings. The first-order valence-electron chi connectivity index (χ1n) is 5.02. The Morgan fingerprint density at radius 3 is 2.73 bits per heavy atom. The molecule has 0 aliphatic carbocycles. The highest BCUT2D eigenvalue weighted by Gasteiger charge is 2.17. The zero-order chi connectivity index (χ0) is 10.3. The molecule has 0 saturated heterocycles. The van der Waals surface area contributed by atoms with E-state index in [9.17, 15) is 0 Å². The first-order valence-corrected chi connectivity index (χ1v) is 5.82. The van der Waals surface area contributed by atoms with Crippen LogP contribution in [0.1, 0.15) is 12.2 Å². The molecule has 0 saturated carbocycles. The van der Waals surface area contributed by atoms with E-state index in [1.165, 1.54) is 6.42 Å². The maximum atomic E-state index is 4.24. The van der Waals surface area contributed by atoms with Crippen molar-refractivity contribution in [1.82, 2.24) is 14.8 Å². The van der Waals surface area contributed by atoms with Gasteiger partial charge in [0.1, 0.15) is 5.82 Å².